The third kappa shape index (κ3) is 3.91. The third-order valence-electron chi connectivity index (χ3n) is 3.34. The second kappa shape index (κ2) is 6.86. The fourth-order valence-electron chi connectivity index (χ4n) is 2.15. The van der Waals surface area contributed by atoms with Crippen LogP contribution in [-0.4, -0.2) is 35.5 Å². The lowest BCUT2D eigenvalue weighted by Gasteiger charge is -2.34. The van der Waals surface area contributed by atoms with E-state index in [9.17, 15) is 0 Å². The first-order valence-corrected chi connectivity index (χ1v) is 7.17. The summed E-state index contributed by atoms with van der Waals surface area (Å²) in [6.45, 7) is 7.91. The average Bonchev–Trinajstić information content (AvgIpc) is 2.82. The molecule has 2 rings (SSSR count). The number of anilines is 1. The van der Waals surface area contributed by atoms with Crippen LogP contribution < -0.4 is 10.6 Å². The molecule has 1 aliphatic carbocycles. The van der Waals surface area contributed by atoms with Crippen molar-refractivity contribution >= 4 is 6.01 Å². The van der Waals surface area contributed by atoms with E-state index in [4.69, 9.17) is 9.15 Å². The van der Waals surface area contributed by atoms with Crippen molar-refractivity contribution in [1.82, 2.24) is 15.5 Å². The number of nitrogens with zero attached hydrogens (tertiary/aromatic N) is 2. The maximum atomic E-state index is 5.61. The van der Waals surface area contributed by atoms with Crippen molar-refractivity contribution in [2.45, 2.75) is 58.2 Å². The van der Waals surface area contributed by atoms with E-state index in [1.54, 1.807) is 0 Å². The van der Waals surface area contributed by atoms with Crippen molar-refractivity contribution in [1.29, 1.82) is 0 Å². The fourth-order valence-corrected chi connectivity index (χ4v) is 2.15. The van der Waals surface area contributed by atoms with Gasteiger partial charge in [-0.25, -0.2) is 0 Å². The minimum absolute atomic E-state index is 0.0977. The summed E-state index contributed by atoms with van der Waals surface area (Å²) in [5.74, 6) is 0.636. The van der Waals surface area contributed by atoms with E-state index in [-0.39, 0.29) is 6.04 Å². The van der Waals surface area contributed by atoms with Gasteiger partial charge >= 0.3 is 6.01 Å². The van der Waals surface area contributed by atoms with Gasteiger partial charge in [0.1, 0.15) is 0 Å². The number of hydrogen-bond acceptors (Lipinski definition) is 6. The molecule has 19 heavy (non-hydrogen) atoms. The van der Waals surface area contributed by atoms with Crippen molar-refractivity contribution in [2.24, 2.45) is 0 Å². The molecule has 1 unspecified atom stereocenters. The van der Waals surface area contributed by atoms with Gasteiger partial charge in [-0.05, 0) is 39.7 Å². The number of ether oxygens (including phenoxy) is 1. The van der Waals surface area contributed by atoms with Crippen LogP contribution in [0, 0.1) is 0 Å². The van der Waals surface area contributed by atoms with Gasteiger partial charge in [-0.15, -0.1) is 5.10 Å². The zero-order valence-electron chi connectivity index (χ0n) is 12.0. The maximum Gasteiger partial charge on any atom is 0.315 e. The topological polar surface area (TPSA) is 72.2 Å². The Labute approximate surface area is 114 Å². The molecule has 1 aromatic heterocycles. The molecule has 0 spiro atoms. The Kier molecular flexibility index (Phi) is 5.15. The summed E-state index contributed by atoms with van der Waals surface area (Å²) in [5.41, 5.74) is 0. The largest absolute Gasteiger partial charge is 0.406 e. The van der Waals surface area contributed by atoms with Crippen LogP contribution in [0.1, 0.15) is 52.0 Å². The summed E-state index contributed by atoms with van der Waals surface area (Å²) >= 11 is 0. The number of nitrogens with one attached hydrogen (secondary N) is 2. The molecule has 1 aliphatic rings. The average molecular weight is 268 g/mol. The second-order valence-corrected chi connectivity index (χ2v) is 5.01. The molecule has 0 radical (unpaired) electrons. The molecule has 0 bridgehead atoms. The van der Waals surface area contributed by atoms with Gasteiger partial charge in [0.25, 0.3) is 0 Å². The molecular formula is C13H24N4O2. The molecule has 1 aromatic rings. The van der Waals surface area contributed by atoms with Crippen LogP contribution in [0.3, 0.4) is 0 Å². The molecular weight excluding hydrogens is 244 g/mol. The quantitative estimate of drug-likeness (QED) is 0.752. The van der Waals surface area contributed by atoms with Crippen molar-refractivity contribution in [3.63, 3.8) is 0 Å². The summed E-state index contributed by atoms with van der Waals surface area (Å²) < 4.78 is 11.1. The highest BCUT2D eigenvalue weighted by Gasteiger charge is 2.30. The molecule has 1 heterocycles. The predicted octanol–water partition coefficient (Wildman–Crippen LogP) is 2.11. The lowest BCUT2D eigenvalue weighted by molar-refractivity contribution is 0.00255. The molecule has 1 fully saturated rings. The Hall–Kier alpha value is -1.14. The second-order valence-electron chi connectivity index (χ2n) is 5.01. The van der Waals surface area contributed by atoms with Crippen molar-refractivity contribution in [3.05, 3.63) is 5.89 Å². The number of rotatable bonds is 8. The van der Waals surface area contributed by atoms with Crippen molar-refractivity contribution < 1.29 is 9.15 Å². The predicted molar refractivity (Wildman–Crippen MR) is 73.1 cm³/mol. The van der Waals surface area contributed by atoms with Crippen LogP contribution in [0.2, 0.25) is 0 Å². The Balaban J connectivity index is 1.75. The zero-order valence-corrected chi connectivity index (χ0v) is 12.0. The van der Waals surface area contributed by atoms with Gasteiger partial charge in [0.15, 0.2) is 0 Å². The maximum absolute atomic E-state index is 5.61. The van der Waals surface area contributed by atoms with Gasteiger partial charge < -0.3 is 19.8 Å². The lowest BCUT2D eigenvalue weighted by Crippen LogP contribution is -2.40. The molecule has 0 aliphatic heterocycles. The number of hydrogen-bond donors (Lipinski definition) is 2. The van der Waals surface area contributed by atoms with Gasteiger partial charge in [-0.3, -0.25) is 0 Å². The summed E-state index contributed by atoms with van der Waals surface area (Å²) in [4.78, 5) is 0. The van der Waals surface area contributed by atoms with E-state index in [1.807, 2.05) is 13.8 Å². The van der Waals surface area contributed by atoms with Gasteiger partial charge in [-0.2, -0.15) is 0 Å². The minimum atomic E-state index is 0.0977. The smallest absolute Gasteiger partial charge is 0.315 e. The Morgan fingerprint density at radius 2 is 2.16 bits per heavy atom. The Bertz CT molecular complexity index is 376. The van der Waals surface area contributed by atoms with Gasteiger partial charge in [0.05, 0.1) is 12.1 Å². The molecule has 1 atom stereocenters. The van der Waals surface area contributed by atoms with E-state index < -0.39 is 0 Å². The van der Waals surface area contributed by atoms with Crippen LogP contribution in [0.4, 0.5) is 6.01 Å². The molecule has 0 aromatic carbocycles. The normalized spacial score (nSPS) is 23.9. The van der Waals surface area contributed by atoms with E-state index in [0.29, 0.717) is 24.1 Å². The molecule has 2 N–H and O–H groups in total. The molecule has 1 saturated carbocycles. The van der Waals surface area contributed by atoms with Crippen molar-refractivity contribution in [2.75, 3.05) is 18.5 Å². The van der Waals surface area contributed by atoms with E-state index in [0.717, 1.165) is 32.4 Å². The lowest BCUT2D eigenvalue weighted by atomic mass is 9.89. The number of aromatic nitrogens is 2. The van der Waals surface area contributed by atoms with Gasteiger partial charge in [0.2, 0.25) is 5.89 Å². The highest BCUT2D eigenvalue weighted by Crippen LogP contribution is 2.26. The SMILES string of the molecule is CCCNC(C)c1nnc(NC2CC(OCC)C2)o1. The van der Waals surface area contributed by atoms with Crippen LogP contribution in [0.25, 0.3) is 0 Å². The molecule has 0 saturated heterocycles. The Morgan fingerprint density at radius 1 is 1.37 bits per heavy atom. The molecule has 108 valence electrons. The van der Waals surface area contributed by atoms with Crippen LogP contribution >= 0.6 is 0 Å². The van der Waals surface area contributed by atoms with E-state index in [2.05, 4.69) is 27.8 Å². The van der Waals surface area contributed by atoms with E-state index >= 15 is 0 Å². The minimum Gasteiger partial charge on any atom is -0.406 e. The van der Waals surface area contributed by atoms with Crippen molar-refractivity contribution in [3.8, 4) is 0 Å². The van der Waals surface area contributed by atoms with Crippen LogP contribution in [-0.2, 0) is 4.74 Å². The molecule has 0 amide bonds. The first-order chi connectivity index (χ1) is 9.22. The highest BCUT2D eigenvalue weighted by atomic mass is 16.5. The standard InChI is InChI=1S/C13H24N4O2/c1-4-6-14-9(3)12-16-17-13(19-12)15-10-7-11(8-10)18-5-2/h9-11,14H,4-8H2,1-3H3,(H,15,17). The molecule has 6 heteroatoms. The van der Waals surface area contributed by atoms with Gasteiger partial charge in [-0.1, -0.05) is 12.0 Å². The zero-order chi connectivity index (χ0) is 13.7. The summed E-state index contributed by atoms with van der Waals surface area (Å²) in [5, 5.41) is 14.7. The molecule has 6 nitrogen and oxygen atoms in total. The monoisotopic (exact) mass is 268 g/mol. The van der Waals surface area contributed by atoms with Gasteiger partial charge in [0, 0.05) is 12.6 Å². The first-order valence-electron chi connectivity index (χ1n) is 7.17. The summed E-state index contributed by atoms with van der Waals surface area (Å²) in [7, 11) is 0. The van der Waals surface area contributed by atoms with E-state index in [1.165, 1.54) is 0 Å². The van der Waals surface area contributed by atoms with Crippen LogP contribution in [0.5, 0.6) is 0 Å². The summed E-state index contributed by atoms with van der Waals surface area (Å²) in [6.07, 6.45) is 3.49. The Morgan fingerprint density at radius 3 is 2.84 bits per heavy atom. The summed E-state index contributed by atoms with van der Waals surface area (Å²) in [6, 6.07) is 1.00. The fraction of sp³-hybridized carbons (Fsp3) is 0.846. The van der Waals surface area contributed by atoms with Crippen LogP contribution in [0.15, 0.2) is 4.42 Å². The third-order valence-corrected chi connectivity index (χ3v) is 3.34. The first kappa shape index (κ1) is 14.3. The highest BCUT2D eigenvalue weighted by molar-refractivity contribution is 5.22.